The van der Waals surface area contributed by atoms with E-state index in [0.29, 0.717) is 42.5 Å². The van der Waals surface area contributed by atoms with Gasteiger partial charge in [0.15, 0.2) is 0 Å². The molecule has 0 bridgehead atoms. The largest absolute Gasteiger partial charge is 0.416 e. The minimum atomic E-state index is -5.05. The molecule has 2 amide bonds. The van der Waals surface area contributed by atoms with E-state index < -0.39 is 46.9 Å². The summed E-state index contributed by atoms with van der Waals surface area (Å²) in [6.45, 7) is 0. The third kappa shape index (κ3) is 5.92. The Morgan fingerprint density at radius 1 is 0.970 bits per heavy atom. The molecule has 3 rings (SSSR count). The number of nitrogens with one attached hydrogen (secondary N) is 2. The van der Waals surface area contributed by atoms with E-state index in [1.165, 1.54) is 11.6 Å². The van der Waals surface area contributed by atoms with E-state index in [0.717, 1.165) is 11.6 Å². The van der Waals surface area contributed by atoms with Gasteiger partial charge in [-0.05, 0) is 60.2 Å². The number of benzene rings is 2. The van der Waals surface area contributed by atoms with E-state index in [2.05, 4.69) is 5.32 Å². The molecule has 1 aliphatic rings. The van der Waals surface area contributed by atoms with Crippen LogP contribution in [0.25, 0.3) is 6.08 Å². The molecular formula is C22H18F6N2O3. The molecule has 0 spiro atoms. The number of fused-ring (bicyclic) bond motifs is 1. The fourth-order valence-corrected chi connectivity index (χ4v) is 3.62. The fraction of sp³-hybridized carbons (Fsp3) is 0.273. The molecule has 0 radical (unpaired) electrons. The first-order valence-electron chi connectivity index (χ1n) is 9.74. The van der Waals surface area contributed by atoms with Crippen LogP contribution >= 0.6 is 0 Å². The van der Waals surface area contributed by atoms with Crippen LogP contribution in [0.2, 0.25) is 0 Å². The fourth-order valence-electron chi connectivity index (χ4n) is 3.62. The molecule has 0 fully saturated rings. The molecule has 2 aromatic carbocycles. The molecule has 33 heavy (non-hydrogen) atoms. The lowest BCUT2D eigenvalue weighted by Crippen LogP contribution is -2.31. The number of hydroxylamine groups is 1. The third-order valence-corrected chi connectivity index (χ3v) is 5.17. The number of hydrogen-bond acceptors (Lipinski definition) is 3. The van der Waals surface area contributed by atoms with Crippen LogP contribution in [0.1, 0.15) is 57.1 Å². The zero-order chi connectivity index (χ0) is 24.4. The number of aryl methyl sites for hydroxylation is 1. The van der Waals surface area contributed by atoms with Crippen molar-refractivity contribution in [3.05, 3.63) is 75.9 Å². The lowest BCUT2D eigenvalue weighted by atomic mass is 9.86. The molecular weight excluding hydrogens is 454 g/mol. The Hall–Kier alpha value is -3.34. The van der Waals surface area contributed by atoms with E-state index in [9.17, 15) is 35.9 Å². The standard InChI is InChI=1S/C22H18F6N2O3/c23-21(24,25)15-9-14(10-16(11-15)22(26,27)28)20(32)29-18-3-1-2-13-8-12(4-6-17(13)18)5-7-19(31)30-33/h4-11,18,33H,1-3H2,(H,29,32)(H,30,31)/b7-5+. The molecule has 2 aromatic rings. The quantitative estimate of drug-likeness (QED) is 0.252. The first-order valence-corrected chi connectivity index (χ1v) is 9.74. The van der Waals surface area contributed by atoms with Gasteiger partial charge in [0.2, 0.25) is 0 Å². The summed E-state index contributed by atoms with van der Waals surface area (Å²) < 4.78 is 78.5. The molecule has 1 unspecified atom stereocenters. The van der Waals surface area contributed by atoms with Crippen molar-refractivity contribution in [2.45, 2.75) is 37.7 Å². The zero-order valence-electron chi connectivity index (χ0n) is 16.8. The van der Waals surface area contributed by atoms with Gasteiger partial charge >= 0.3 is 12.4 Å². The zero-order valence-corrected chi connectivity index (χ0v) is 16.8. The summed E-state index contributed by atoms with van der Waals surface area (Å²) in [7, 11) is 0. The van der Waals surface area contributed by atoms with Gasteiger partial charge in [0, 0.05) is 11.6 Å². The molecule has 0 aliphatic heterocycles. The van der Waals surface area contributed by atoms with Gasteiger partial charge in [-0.25, -0.2) is 5.48 Å². The molecule has 0 heterocycles. The second-order valence-electron chi connectivity index (χ2n) is 7.48. The summed E-state index contributed by atoms with van der Waals surface area (Å²) in [5.74, 6) is -1.77. The Labute approximate surface area is 184 Å². The van der Waals surface area contributed by atoms with Crippen LogP contribution < -0.4 is 10.8 Å². The van der Waals surface area contributed by atoms with Gasteiger partial charge in [-0.3, -0.25) is 14.8 Å². The number of alkyl halides is 6. The van der Waals surface area contributed by atoms with Gasteiger partial charge in [0.05, 0.1) is 17.2 Å². The number of halogens is 6. The second kappa shape index (κ2) is 9.26. The third-order valence-electron chi connectivity index (χ3n) is 5.17. The molecule has 0 aromatic heterocycles. The van der Waals surface area contributed by atoms with E-state index >= 15 is 0 Å². The number of amides is 2. The number of rotatable bonds is 4. The van der Waals surface area contributed by atoms with Gasteiger partial charge in [0.1, 0.15) is 0 Å². The molecule has 3 N–H and O–H groups in total. The predicted octanol–water partition coefficient (Wildman–Crippen LogP) is 5.05. The minimum absolute atomic E-state index is 0.0290. The van der Waals surface area contributed by atoms with Gasteiger partial charge in [0.25, 0.3) is 11.8 Å². The smallest absolute Gasteiger partial charge is 0.345 e. The SMILES string of the molecule is O=C(/C=C/c1ccc2c(c1)CCCC2NC(=O)c1cc(C(F)(F)F)cc(C(F)(F)F)c1)NO. The van der Waals surface area contributed by atoms with E-state index in [4.69, 9.17) is 5.21 Å². The highest BCUT2D eigenvalue weighted by atomic mass is 19.4. The number of hydrogen-bond donors (Lipinski definition) is 3. The maximum absolute atomic E-state index is 13.1. The Balaban J connectivity index is 1.87. The van der Waals surface area contributed by atoms with Crippen molar-refractivity contribution in [3.8, 4) is 0 Å². The lowest BCUT2D eigenvalue weighted by molar-refractivity contribution is -0.143. The topological polar surface area (TPSA) is 78.4 Å². The first kappa shape index (κ1) is 24.3. The highest BCUT2D eigenvalue weighted by Gasteiger charge is 2.37. The number of carbonyl (C=O) groups excluding carboxylic acids is 2. The van der Waals surface area contributed by atoms with Crippen LogP contribution in [0, 0.1) is 0 Å². The van der Waals surface area contributed by atoms with Crippen LogP contribution in [0.15, 0.2) is 42.5 Å². The van der Waals surface area contributed by atoms with Crippen molar-refractivity contribution in [1.82, 2.24) is 10.8 Å². The van der Waals surface area contributed by atoms with Crippen LogP contribution in [0.4, 0.5) is 26.3 Å². The maximum atomic E-state index is 13.1. The first-order chi connectivity index (χ1) is 15.4. The Morgan fingerprint density at radius 2 is 1.61 bits per heavy atom. The van der Waals surface area contributed by atoms with Crippen molar-refractivity contribution in [1.29, 1.82) is 0 Å². The molecule has 1 aliphatic carbocycles. The van der Waals surface area contributed by atoms with Crippen LogP contribution in [0.3, 0.4) is 0 Å². The normalized spacial score (nSPS) is 16.4. The van der Waals surface area contributed by atoms with Crippen molar-refractivity contribution < 1.29 is 41.1 Å². The molecule has 11 heteroatoms. The van der Waals surface area contributed by atoms with E-state index in [-0.39, 0.29) is 6.07 Å². The average Bonchev–Trinajstić information content (AvgIpc) is 2.75. The summed E-state index contributed by atoms with van der Waals surface area (Å²) in [5, 5.41) is 11.1. The maximum Gasteiger partial charge on any atom is 0.416 e. The highest BCUT2D eigenvalue weighted by Crippen LogP contribution is 2.37. The molecule has 176 valence electrons. The van der Waals surface area contributed by atoms with Gasteiger partial charge < -0.3 is 5.32 Å². The summed E-state index contributed by atoms with van der Waals surface area (Å²) in [6.07, 6.45) is -5.83. The van der Waals surface area contributed by atoms with Gasteiger partial charge in [-0.15, -0.1) is 0 Å². The number of carbonyl (C=O) groups is 2. The molecule has 0 saturated heterocycles. The predicted molar refractivity (Wildman–Crippen MR) is 105 cm³/mol. The average molecular weight is 472 g/mol. The van der Waals surface area contributed by atoms with Crippen LogP contribution in [0.5, 0.6) is 0 Å². The Kier molecular flexibility index (Phi) is 6.82. The summed E-state index contributed by atoms with van der Waals surface area (Å²) in [5.41, 5.74) is -0.268. The lowest BCUT2D eigenvalue weighted by Gasteiger charge is -2.27. The summed E-state index contributed by atoms with van der Waals surface area (Å²) in [4.78, 5) is 23.8. The van der Waals surface area contributed by atoms with Crippen LogP contribution in [-0.2, 0) is 23.6 Å². The van der Waals surface area contributed by atoms with Crippen molar-refractivity contribution in [2.75, 3.05) is 0 Å². The summed E-state index contributed by atoms with van der Waals surface area (Å²) >= 11 is 0. The van der Waals surface area contributed by atoms with Crippen molar-refractivity contribution in [2.24, 2.45) is 0 Å². The Bertz CT molecular complexity index is 1060. The highest BCUT2D eigenvalue weighted by molar-refractivity contribution is 5.95. The van der Waals surface area contributed by atoms with E-state index in [1.807, 2.05) is 0 Å². The van der Waals surface area contributed by atoms with E-state index in [1.54, 1.807) is 18.2 Å². The minimum Gasteiger partial charge on any atom is -0.345 e. The van der Waals surface area contributed by atoms with Crippen LogP contribution in [-0.4, -0.2) is 17.0 Å². The molecule has 5 nitrogen and oxygen atoms in total. The van der Waals surface area contributed by atoms with Crippen molar-refractivity contribution in [3.63, 3.8) is 0 Å². The Morgan fingerprint density at radius 3 is 2.18 bits per heavy atom. The van der Waals surface area contributed by atoms with Crippen molar-refractivity contribution >= 4 is 17.9 Å². The van der Waals surface area contributed by atoms with Gasteiger partial charge in [-0.1, -0.05) is 18.2 Å². The van der Waals surface area contributed by atoms with Gasteiger partial charge in [-0.2, -0.15) is 26.3 Å². The molecule has 1 atom stereocenters. The second-order valence-corrected chi connectivity index (χ2v) is 7.48. The summed E-state index contributed by atoms with van der Waals surface area (Å²) in [6, 6.07) is 5.21. The monoisotopic (exact) mass is 472 g/mol. The molecule has 0 saturated carbocycles.